The standard InChI is InChI=1S/C19H23BClN3O2/c1-19(2,3)26-18(25)24-8-6-23(7-9-24)12-13-10-17(21)22-16-11-14(20)4-5-15(13)16/h4-5,10-11H,6-9,12H2,1-3H3. The molecule has 26 heavy (non-hydrogen) atoms. The molecule has 7 heteroatoms. The van der Waals surface area contributed by atoms with E-state index < -0.39 is 5.60 Å². The molecule has 0 unspecified atom stereocenters. The molecule has 1 fully saturated rings. The summed E-state index contributed by atoms with van der Waals surface area (Å²) in [6, 6.07) is 7.60. The van der Waals surface area contributed by atoms with Crippen molar-refractivity contribution in [2.75, 3.05) is 26.2 Å². The zero-order valence-corrected chi connectivity index (χ0v) is 16.2. The monoisotopic (exact) mass is 371 g/mol. The van der Waals surface area contributed by atoms with Crippen molar-refractivity contribution < 1.29 is 9.53 Å². The Morgan fingerprint density at radius 2 is 1.92 bits per heavy atom. The third kappa shape index (κ3) is 4.68. The van der Waals surface area contributed by atoms with E-state index in [1.165, 1.54) is 0 Å². The average Bonchev–Trinajstić information content (AvgIpc) is 2.53. The number of amides is 1. The number of fused-ring (bicyclic) bond motifs is 1. The van der Waals surface area contributed by atoms with Crippen LogP contribution in [-0.2, 0) is 11.3 Å². The molecule has 136 valence electrons. The maximum atomic E-state index is 12.2. The Labute approximate surface area is 160 Å². The van der Waals surface area contributed by atoms with Gasteiger partial charge in [0, 0.05) is 38.1 Å². The van der Waals surface area contributed by atoms with Crippen LogP contribution in [0.3, 0.4) is 0 Å². The van der Waals surface area contributed by atoms with E-state index in [0.717, 1.165) is 36.1 Å². The van der Waals surface area contributed by atoms with Crippen LogP contribution in [-0.4, -0.2) is 60.5 Å². The van der Waals surface area contributed by atoms with E-state index >= 15 is 0 Å². The minimum Gasteiger partial charge on any atom is -0.444 e. The minimum atomic E-state index is -0.469. The Kier molecular flexibility index (Phi) is 5.44. The van der Waals surface area contributed by atoms with E-state index in [-0.39, 0.29) is 6.09 Å². The van der Waals surface area contributed by atoms with E-state index in [4.69, 9.17) is 24.2 Å². The molecular weight excluding hydrogens is 348 g/mol. The molecule has 1 saturated heterocycles. The highest BCUT2D eigenvalue weighted by atomic mass is 35.5. The fourth-order valence-electron chi connectivity index (χ4n) is 3.07. The Morgan fingerprint density at radius 3 is 2.58 bits per heavy atom. The van der Waals surface area contributed by atoms with Gasteiger partial charge in [-0.3, -0.25) is 4.90 Å². The summed E-state index contributed by atoms with van der Waals surface area (Å²) in [5, 5.41) is 1.52. The molecule has 2 heterocycles. The molecule has 1 aliphatic rings. The maximum absolute atomic E-state index is 12.2. The average molecular weight is 372 g/mol. The van der Waals surface area contributed by atoms with Crippen LogP contribution in [0, 0.1) is 0 Å². The third-order valence-corrected chi connectivity index (χ3v) is 4.50. The molecule has 3 rings (SSSR count). The molecular formula is C19H23BClN3O2. The molecule has 1 aliphatic heterocycles. The lowest BCUT2D eigenvalue weighted by atomic mass is 9.94. The Morgan fingerprint density at radius 1 is 1.23 bits per heavy atom. The van der Waals surface area contributed by atoms with Crippen molar-refractivity contribution in [2.45, 2.75) is 32.9 Å². The van der Waals surface area contributed by atoms with Crippen LogP contribution in [0.1, 0.15) is 26.3 Å². The van der Waals surface area contributed by atoms with Gasteiger partial charge in [0.1, 0.15) is 18.6 Å². The lowest BCUT2D eigenvalue weighted by Gasteiger charge is -2.35. The van der Waals surface area contributed by atoms with Gasteiger partial charge in [-0.1, -0.05) is 29.2 Å². The molecule has 0 bridgehead atoms. The molecule has 0 saturated carbocycles. The van der Waals surface area contributed by atoms with Crippen LogP contribution in [0.5, 0.6) is 0 Å². The van der Waals surface area contributed by atoms with Gasteiger partial charge in [-0.25, -0.2) is 9.78 Å². The first-order chi connectivity index (χ1) is 12.2. The highest BCUT2D eigenvalue weighted by molar-refractivity contribution is 6.33. The molecule has 1 amide bonds. The summed E-state index contributed by atoms with van der Waals surface area (Å²) in [5.74, 6) is 0. The summed E-state index contributed by atoms with van der Waals surface area (Å²) < 4.78 is 5.45. The zero-order valence-electron chi connectivity index (χ0n) is 15.5. The fraction of sp³-hybridized carbons (Fsp3) is 0.474. The van der Waals surface area contributed by atoms with E-state index in [0.29, 0.717) is 23.7 Å². The van der Waals surface area contributed by atoms with Gasteiger partial charge in [0.05, 0.1) is 5.52 Å². The summed E-state index contributed by atoms with van der Waals surface area (Å²) in [5.41, 5.74) is 2.12. The first-order valence-electron chi connectivity index (χ1n) is 8.76. The highest BCUT2D eigenvalue weighted by Crippen LogP contribution is 2.22. The maximum Gasteiger partial charge on any atom is 0.410 e. The van der Waals surface area contributed by atoms with Crippen molar-refractivity contribution in [3.63, 3.8) is 0 Å². The Bertz CT molecular complexity index is 809. The van der Waals surface area contributed by atoms with Crippen molar-refractivity contribution >= 4 is 41.9 Å². The first kappa shape index (κ1) is 19.0. The number of carbonyl (C=O) groups excluding carboxylic acids is 1. The number of aromatic nitrogens is 1. The van der Waals surface area contributed by atoms with Crippen molar-refractivity contribution in [3.05, 3.63) is 35.0 Å². The van der Waals surface area contributed by atoms with Crippen molar-refractivity contribution in [1.82, 2.24) is 14.8 Å². The largest absolute Gasteiger partial charge is 0.444 e. The fourth-order valence-corrected chi connectivity index (χ4v) is 3.29. The molecule has 1 aromatic carbocycles. The summed E-state index contributed by atoms with van der Waals surface area (Å²) in [6.45, 7) is 9.28. The quantitative estimate of drug-likeness (QED) is 0.601. The molecule has 5 nitrogen and oxygen atoms in total. The number of pyridine rings is 1. The summed E-state index contributed by atoms with van der Waals surface area (Å²) in [4.78, 5) is 20.6. The number of ether oxygens (including phenoxy) is 1. The molecule has 0 atom stereocenters. The van der Waals surface area contributed by atoms with Gasteiger partial charge < -0.3 is 9.64 Å². The van der Waals surface area contributed by atoms with Crippen molar-refractivity contribution in [1.29, 1.82) is 0 Å². The summed E-state index contributed by atoms with van der Waals surface area (Å²) in [6.07, 6.45) is -0.245. The number of halogens is 1. The minimum absolute atomic E-state index is 0.245. The molecule has 2 radical (unpaired) electrons. The predicted molar refractivity (Wildman–Crippen MR) is 105 cm³/mol. The summed E-state index contributed by atoms with van der Waals surface area (Å²) >= 11 is 6.18. The van der Waals surface area contributed by atoms with E-state index in [1.807, 2.05) is 45.0 Å². The number of carbonyl (C=O) groups is 1. The SMILES string of the molecule is [B]c1ccc2c(CN3CCN(C(=O)OC(C)(C)C)CC3)cc(Cl)nc2c1. The number of nitrogens with zero attached hydrogens (tertiary/aromatic N) is 3. The van der Waals surface area contributed by atoms with Gasteiger partial charge in [0.15, 0.2) is 0 Å². The Hall–Kier alpha value is -1.79. The second kappa shape index (κ2) is 7.45. The van der Waals surface area contributed by atoms with Crippen LogP contribution in [0.25, 0.3) is 10.9 Å². The molecule has 0 spiro atoms. The molecule has 2 aromatic rings. The lowest BCUT2D eigenvalue weighted by molar-refractivity contribution is 0.0139. The van der Waals surface area contributed by atoms with Gasteiger partial charge in [-0.05, 0) is 38.5 Å². The summed E-state index contributed by atoms with van der Waals surface area (Å²) in [7, 11) is 5.85. The van der Waals surface area contributed by atoms with Crippen molar-refractivity contribution in [3.8, 4) is 0 Å². The van der Waals surface area contributed by atoms with Gasteiger partial charge in [-0.2, -0.15) is 0 Å². The lowest BCUT2D eigenvalue weighted by Crippen LogP contribution is -2.49. The van der Waals surface area contributed by atoms with Crippen molar-refractivity contribution in [2.24, 2.45) is 0 Å². The van der Waals surface area contributed by atoms with E-state index in [2.05, 4.69) is 9.88 Å². The normalized spacial score (nSPS) is 16.1. The number of benzene rings is 1. The van der Waals surface area contributed by atoms with Crippen LogP contribution in [0.2, 0.25) is 5.15 Å². The highest BCUT2D eigenvalue weighted by Gasteiger charge is 2.26. The van der Waals surface area contributed by atoms with Gasteiger partial charge >= 0.3 is 6.09 Å². The number of piperazine rings is 1. The predicted octanol–water partition coefficient (Wildman–Crippen LogP) is 2.73. The van der Waals surface area contributed by atoms with Gasteiger partial charge in [-0.15, -0.1) is 0 Å². The Balaban J connectivity index is 1.67. The van der Waals surface area contributed by atoms with Crippen LogP contribution < -0.4 is 5.46 Å². The first-order valence-corrected chi connectivity index (χ1v) is 9.14. The molecule has 0 aliphatic carbocycles. The second-order valence-electron chi connectivity index (χ2n) is 7.62. The zero-order chi connectivity index (χ0) is 18.9. The second-order valence-corrected chi connectivity index (χ2v) is 8.01. The number of hydrogen-bond donors (Lipinski definition) is 0. The van der Waals surface area contributed by atoms with Gasteiger partial charge in [0.2, 0.25) is 0 Å². The van der Waals surface area contributed by atoms with Crippen LogP contribution in [0.4, 0.5) is 4.79 Å². The number of hydrogen-bond acceptors (Lipinski definition) is 4. The smallest absolute Gasteiger partial charge is 0.410 e. The molecule has 1 aromatic heterocycles. The topological polar surface area (TPSA) is 45.7 Å². The van der Waals surface area contributed by atoms with E-state index in [9.17, 15) is 4.79 Å². The number of rotatable bonds is 2. The third-order valence-electron chi connectivity index (χ3n) is 4.31. The van der Waals surface area contributed by atoms with Crippen LogP contribution in [0.15, 0.2) is 24.3 Å². The van der Waals surface area contributed by atoms with Crippen LogP contribution >= 0.6 is 11.6 Å². The molecule has 0 N–H and O–H groups in total. The van der Waals surface area contributed by atoms with E-state index in [1.54, 1.807) is 4.90 Å². The van der Waals surface area contributed by atoms with Gasteiger partial charge in [0.25, 0.3) is 0 Å².